The van der Waals surface area contributed by atoms with Crippen LogP contribution in [-0.2, 0) is 0 Å². The number of nitrogens with one attached hydrogen (secondary N) is 1. The Balaban J connectivity index is 2.19. The monoisotopic (exact) mass is 305 g/mol. The van der Waals surface area contributed by atoms with Crippen LogP contribution >= 0.6 is 0 Å². The SMILES string of the molecule is CCCCCNC1CC(C)(C)Oc2cccc(OCCC)c21. The van der Waals surface area contributed by atoms with Gasteiger partial charge in [0.05, 0.1) is 12.2 Å². The van der Waals surface area contributed by atoms with E-state index in [2.05, 4.69) is 45.1 Å². The first-order chi connectivity index (χ1) is 10.6. The summed E-state index contributed by atoms with van der Waals surface area (Å²) in [6.07, 6.45) is 5.74. The molecule has 2 rings (SSSR count). The van der Waals surface area contributed by atoms with Crippen molar-refractivity contribution < 1.29 is 9.47 Å². The van der Waals surface area contributed by atoms with E-state index in [1.807, 2.05) is 6.07 Å². The number of hydrogen-bond acceptors (Lipinski definition) is 3. The average Bonchev–Trinajstić information content (AvgIpc) is 2.47. The van der Waals surface area contributed by atoms with Crippen LogP contribution in [-0.4, -0.2) is 18.8 Å². The van der Waals surface area contributed by atoms with Gasteiger partial charge in [0.15, 0.2) is 0 Å². The molecule has 1 aliphatic rings. The number of benzene rings is 1. The summed E-state index contributed by atoms with van der Waals surface area (Å²) >= 11 is 0. The Morgan fingerprint density at radius 2 is 2.05 bits per heavy atom. The van der Waals surface area contributed by atoms with Gasteiger partial charge < -0.3 is 14.8 Å². The molecule has 0 amide bonds. The lowest BCUT2D eigenvalue weighted by Crippen LogP contribution is -2.40. The van der Waals surface area contributed by atoms with E-state index in [0.717, 1.165) is 37.5 Å². The Hall–Kier alpha value is -1.22. The van der Waals surface area contributed by atoms with Crippen LogP contribution in [0.2, 0.25) is 0 Å². The van der Waals surface area contributed by atoms with Crippen LogP contribution in [0.3, 0.4) is 0 Å². The van der Waals surface area contributed by atoms with Crippen molar-refractivity contribution in [2.75, 3.05) is 13.2 Å². The fourth-order valence-electron chi connectivity index (χ4n) is 3.05. The fourth-order valence-corrected chi connectivity index (χ4v) is 3.05. The maximum Gasteiger partial charge on any atom is 0.128 e. The molecule has 1 aromatic rings. The number of rotatable bonds is 8. The van der Waals surface area contributed by atoms with Gasteiger partial charge in [-0.2, -0.15) is 0 Å². The van der Waals surface area contributed by atoms with Gasteiger partial charge in [-0.05, 0) is 45.4 Å². The first kappa shape index (κ1) is 17.1. The third-order valence-electron chi connectivity index (χ3n) is 4.09. The van der Waals surface area contributed by atoms with Gasteiger partial charge in [0.2, 0.25) is 0 Å². The largest absolute Gasteiger partial charge is 0.493 e. The minimum Gasteiger partial charge on any atom is -0.493 e. The smallest absolute Gasteiger partial charge is 0.128 e. The second-order valence-corrected chi connectivity index (χ2v) is 6.80. The second-order valence-electron chi connectivity index (χ2n) is 6.80. The van der Waals surface area contributed by atoms with E-state index in [0.29, 0.717) is 6.04 Å². The molecule has 124 valence electrons. The van der Waals surface area contributed by atoms with Crippen molar-refractivity contribution in [3.05, 3.63) is 23.8 Å². The van der Waals surface area contributed by atoms with Crippen molar-refractivity contribution in [1.82, 2.24) is 5.32 Å². The molecule has 3 nitrogen and oxygen atoms in total. The number of ether oxygens (including phenoxy) is 2. The van der Waals surface area contributed by atoms with E-state index in [-0.39, 0.29) is 5.60 Å². The van der Waals surface area contributed by atoms with Crippen molar-refractivity contribution in [2.24, 2.45) is 0 Å². The van der Waals surface area contributed by atoms with E-state index in [4.69, 9.17) is 9.47 Å². The molecule has 1 atom stereocenters. The maximum atomic E-state index is 6.18. The molecule has 0 spiro atoms. The highest BCUT2D eigenvalue weighted by molar-refractivity contribution is 5.48. The first-order valence-electron chi connectivity index (χ1n) is 8.75. The van der Waals surface area contributed by atoms with Gasteiger partial charge in [0, 0.05) is 12.5 Å². The molecule has 1 aliphatic heterocycles. The van der Waals surface area contributed by atoms with Crippen LogP contribution in [0.1, 0.15) is 71.4 Å². The molecule has 0 bridgehead atoms. The fraction of sp³-hybridized carbons (Fsp3) is 0.684. The lowest BCUT2D eigenvalue weighted by Gasteiger charge is -2.38. The zero-order valence-electron chi connectivity index (χ0n) is 14.6. The van der Waals surface area contributed by atoms with Crippen LogP contribution in [0.15, 0.2) is 18.2 Å². The lowest BCUT2D eigenvalue weighted by atomic mass is 9.89. The maximum absolute atomic E-state index is 6.18. The van der Waals surface area contributed by atoms with E-state index < -0.39 is 0 Å². The molecule has 0 saturated heterocycles. The summed E-state index contributed by atoms with van der Waals surface area (Å²) in [5, 5.41) is 3.73. The van der Waals surface area contributed by atoms with Crippen LogP contribution in [0.25, 0.3) is 0 Å². The Morgan fingerprint density at radius 3 is 2.77 bits per heavy atom. The number of fused-ring (bicyclic) bond motifs is 1. The second kappa shape index (κ2) is 7.87. The van der Waals surface area contributed by atoms with Gasteiger partial charge in [0.25, 0.3) is 0 Å². The van der Waals surface area contributed by atoms with Crippen LogP contribution in [0.5, 0.6) is 11.5 Å². The molecule has 1 aromatic carbocycles. The Kier molecular flexibility index (Phi) is 6.13. The standard InChI is InChI=1S/C19H31NO2/c1-5-7-8-12-20-15-14-19(3,4)22-17-11-9-10-16(18(15)17)21-13-6-2/h9-11,15,20H,5-8,12-14H2,1-4H3. The molecule has 3 heteroatoms. The number of hydrogen-bond donors (Lipinski definition) is 1. The highest BCUT2D eigenvalue weighted by Gasteiger charge is 2.35. The molecular formula is C19H31NO2. The lowest BCUT2D eigenvalue weighted by molar-refractivity contribution is 0.0644. The third-order valence-corrected chi connectivity index (χ3v) is 4.09. The molecule has 1 unspecified atom stereocenters. The quantitative estimate of drug-likeness (QED) is 0.696. The molecule has 1 heterocycles. The first-order valence-corrected chi connectivity index (χ1v) is 8.75. The van der Waals surface area contributed by atoms with Crippen molar-refractivity contribution in [3.8, 4) is 11.5 Å². The predicted molar refractivity (Wildman–Crippen MR) is 91.8 cm³/mol. The molecule has 0 aromatic heterocycles. The predicted octanol–water partition coefficient (Wildman–Crippen LogP) is 4.86. The highest BCUT2D eigenvalue weighted by Crippen LogP contribution is 2.44. The van der Waals surface area contributed by atoms with E-state index >= 15 is 0 Å². The van der Waals surface area contributed by atoms with Gasteiger partial charge in [0.1, 0.15) is 17.1 Å². The normalized spacial score (nSPS) is 19.4. The molecule has 22 heavy (non-hydrogen) atoms. The average molecular weight is 305 g/mol. The zero-order chi connectivity index (χ0) is 16.0. The summed E-state index contributed by atoms with van der Waals surface area (Å²) in [6.45, 7) is 10.5. The van der Waals surface area contributed by atoms with Crippen LogP contribution in [0, 0.1) is 0 Å². The zero-order valence-corrected chi connectivity index (χ0v) is 14.6. The summed E-state index contributed by atoms with van der Waals surface area (Å²) in [4.78, 5) is 0. The minimum atomic E-state index is -0.140. The summed E-state index contributed by atoms with van der Waals surface area (Å²) in [6, 6.07) is 6.47. The van der Waals surface area contributed by atoms with Crippen LogP contribution < -0.4 is 14.8 Å². The van der Waals surface area contributed by atoms with Gasteiger partial charge in [-0.3, -0.25) is 0 Å². The molecular weight excluding hydrogens is 274 g/mol. The topological polar surface area (TPSA) is 30.5 Å². The van der Waals surface area contributed by atoms with Crippen molar-refractivity contribution >= 4 is 0 Å². The van der Waals surface area contributed by atoms with E-state index in [9.17, 15) is 0 Å². The summed E-state index contributed by atoms with van der Waals surface area (Å²) < 4.78 is 12.1. The summed E-state index contributed by atoms with van der Waals surface area (Å²) in [5.41, 5.74) is 1.06. The van der Waals surface area contributed by atoms with Crippen LogP contribution in [0.4, 0.5) is 0 Å². The van der Waals surface area contributed by atoms with Gasteiger partial charge in [-0.15, -0.1) is 0 Å². The van der Waals surface area contributed by atoms with Crippen molar-refractivity contribution in [3.63, 3.8) is 0 Å². The van der Waals surface area contributed by atoms with Gasteiger partial charge >= 0.3 is 0 Å². The Labute approximate surface area is 135 Å². The molecule has 0 fully saturated rings. The third kappa shape index (κ3) is 4.39. The minimum absolute atomic E-state index is 0.140. The molecule has 1 N–H and O–H groups in total. The summed E-state index contributed by atoms with van der Waals surface area (Å²) in [5.74, 6) is 1.95. The van der Waals surface area contributed by atoms with Crippen molar-refractivity contribution in [1.29, 1.82) is 0 Å². The highest BCUT2D eigenvalue weighted by atomic mass is 16.5. The Bertz CT molecular complexity index is 471. The Morgan fingerprint density at radius 1 is 1.23 bits per heavy atom. The molecule has 0 radical (unpaired) electrons. The van der Waals surface area contributed by atoms with E-state index in [1.54, 1.807) is 0 Å². The van der Waals surface area contributed by atoms with Gasteiger partial charge in [-0.25, -0.2) is 0 Å². The number of unbranched alkanes of at least 4 members (excludes halogenated alkanes) is 2. The molecule has 0 saturated carbocycles. The van der Waals surface area contributed by atoms with Gasteiger partial charge in [-0.1, -0.05) is 32.8 Å². The van der Waals surface area contributed by atoms with Crippen molar-refractivity contribution in [2.45, 2.75) is 71.4 Å². The molecule has 0 aliphatic carbocycles. The van der Waals surface area contributed by atoms with E-state index in [1.165, 1.54) is 24.8 Å². The summed E-state index contributed by atoms with van der Waals surface area (Å²) in [7, 11) is 0.